The molecule has 1 N–H and O–H groups in total. The number of alkyl halides is 3. The second-order valence-electron chi connectivity index (χ2n) is 3.23. The van der Waals surface area contributed by atoms with Gasteiger partial charge in [0.1, 0.15) is 0 Å². The van der Waals surface area contributed by atoms with Crippen LogP contribution < -0.4 is 5.32 Å². The second-order valence-corrected chi connectivity index (χ2v) is 3.23. The Morgan fingerprint density at radius 3 is 2.08 bits per heavy atom. The maximum atomic E-state index is 11.8. The molecule has 0 aliphatic carbocycles. The van der Waals surface area contributed by atoms with Crippen LogP contribution in [-0.4, -0.2) is 18.1 Å². The smallest absolute Gasteiger partial charge is 0.345 e. The maximum absolute atomic E-state index is 11.8. The lowest BCUT2D eigenvalue weighted by Crippen LogP contribution is -2.45. The average molecular weight is 197 g/mol. The van der Waals surface area contributed by atoms with E-state index in [4.69, 9.17) is 0 Å². The summed E-state index contributed by atoms with van der Waals surface area (Å²) in [5.74, 6) is -1.84. The molecule has 13 heavy (non-hydrogen) atoms. The molecule has 0 aliphatic heterocycles. The molecular weight excluding hydrogens is 183 g/mol. The van der Waals surface area contributed by atoms with Crippen molar-refractivity contribution in [2.45, 2.75) is 39.4 Å². The first-order valence-electron chi connectivity index (χ1n) is 4.16. The lowest BCUT2D eigenvalue weighted by Gasteiger charge is -2.21. The van der Waals surface area contributed by atoms with Crippen LogP contribution in [-0.2, 0) is 4.79 Å². The minimum atomic E-state index is -4.78. The molecule has 0 radical (unpaired) electrons. The molecule has 2 nitrogen and oxygen atoms in total. The van der Waals surface area contributed by atoms with Gasteiger partial charge in [-0.25, -0.2) is 0 Å². The van der Waals surface area contributed by atoms with Gasteiger partial charge in [0.05, 0.1) is 0 Å². The highest BCUT2D eigenvalue weighted by molar-refractivity contribution is 5.81. The van der Waals surface area contributed by atoms with Gasteiger partial charge in [-0.1, -0.05) is 20.8 Å². The molecule has 0 aromatic heterocycles. The Morgan fingerprint density at radius 1 is 1.38 bits per heavy atom. The molecule has 5 heteroatoms. The molecule has 78 valence electrons. The number of hydrogen-bond donors (Lipinski definition) is 1. The molecule has 0 spiro atoms. The molecule has 0 saturated heterocycles. The first-order valence-corrected chi connectivity index (χ1v) is 4.16. The molecule has 0 bridgehead atoms. The summed E-state index contributed by atoms with van der Waals surface area (Å²) in [6, 6.07) is -0.408. The van der Waals surface area contributed by atoms with E-state index < -0.39 is 18.1 Å². The summed E-state index contributed by atoms with van der Waals surface area (Å²) in [5.41, 5.74) is 0. The quantitative estimate of drug-likeness (QED) is 0.737. The van der Waals surface area contributed by atoms with Gasteiger partial charge in [0.25, 0.3) is 0 Å². The third-order valence-corrected chi connectivity index (χ3v) is 1.82. The Labute approximate surface area is 75.5 Å². The molecule has 0 rings (SSSR count). The average Bonchev–Trinajstić information content (AvgIpc) is 1.96. The SMILES string of the molecule is CCC(NC(=O)C(F)(F)F)C(C)C. The lowest BCUT2D eigenvalue weighted by molar-refractivity contribution is -0.174. The summed E-state index contributed by atoms with van der Waals surface area (Å²) in [4.78, 5) is 10.5. The van der Waals surface area contributed by atoms with Crippen LogP contribution in [0.3, 0.4) is 0 Å². The summed E-state index contributed by atoms with van der Waals surface area (Å²) >= 11 is 0. The van der Waals surface area contributed by atoms with Crippen LogP contribution in [0.25, 0.3) is 0 Å². The standard InChI is InChI=1S/C8H14F3NO/c1-4-6(5(2)3)12-7(13)8(9,10)11/h5-6H,4H2,1-3H3,(H,12,13). The Balaban J connectivity index is 4.18. The largest absolute Gasteiger partial charge is 0.471 e. The highest BCUT2D eigenvalue weighted by Crippen LogP contribution is 2.16. The highest BCUT2D eigenvalue weighted by Gasteiger charge is 2.39. The summed E-state index contributed by atoms with van der Waals surface area (Å²) < 4.78 is 35.4. The van der Waals surface area contributed by atoms with Crippen LogP contribution in [0.1, 0.15) is 27.2 Å². The maximum Gasteiger partial charge on any atom is 0.471 e. The van der Waals surface area contributed by atoms with Gasteiger partial charge in [0.15, 0.2) is 0 Å². The van der Waals surface area contributed by atoms with Gasteiger partial charge in [-0.15, -0.1) is 0 Å². The Kier molecular flexibility index (Phi) is 4.23. The van der Waals surface area contributed by atoms with Gasteiger partial charge < -0.3 is 5.32 Å². The van der Waals surface area contributed by atoms with Gasteiger partial charge in [-0.2, -0.15) is 13.2 Å². The topological polar surface area (TPSA) is 29.1 Å². The number of hydrogen-bond acceptors (Lipinski definition) is 1. The van der Waals surface area contributed by atoms with Crippen LogP contribution >= 0.6 is 0 Å². The van der Waals surface area contributed by atoms with Gasteiger partial charge in [-0.3, -0.25) is 4.79 Å². The van der Waals surface area contributed by atoms with E-state index in [9.17, 15) is 18.0 Å². The summed E-state index contributed by atoms with van der Waals surface area (Å²) in [6.07, 6.45) is -4.28. The number of halogens is 3. The molecule has 0 fully saturated rings. The van der Waals surface area contributed by atoms with Crippen molar-refractivity contribution >= 4 is 5.91 Å². The van der Waals surface area contributed by atoms with Gasteiger partial charge >= 0.3 is 12.1 Å². The zero-order valence-electron chi connectivity index (χ0n) is 7.90. The molecule has 0 aromatic carbocycles. The summed E-state index contributed by atoms with van der Waals surface area (Å²) in [5, 5.41) is 1.94. The molecule has 1 unspecified atom stereocenters. The van der Waals surface area contributed by atoms with Gasteiger partial charge in [0, 0.05) is 6.04 Å². The van der Waals surface area contributed by atoms with Crippen molar-refractivity contribution in [2.75, 3.05) is 0 Å². The Hall–Kier alpha value is -0.740. The van der Waals surface area contributed by atoms with E-state index in [1.807, 2.05) is 5.32 Å². The normalized spacial score (nSPS) is 14.4. The zero-order valence-corrected chi connectivity index (χ0v) is 7.90. The van der Waals surface area contributed by atoms with E-state index in [-0.39, 0.29) is 5.92 Å². The van der Waals surface area contributed by atoms with E-state index in [1.54, 1.807) is 20.8 Å². The first kappa shape index (κ1) is 12.3. The number of nitrogens with one attached hydrogen (secondary N) is 1. The molecule has 0 heterocycles. The fraction of sp³-hybridized carbons (Fsp3) is 0.875. The second kappa shape index (κ2) is 4.48. The molecule has 1 atom stereocenters. The first-order chi connectivity index (χ1) is 5.79. The molecule has 1 amide bonds. The molecule has 0 saturated carbocycles. The van der Waals surface area contributed by atoms with Crippen LogP contribution in [0.4, 0.5) is 13.2 Å². The van der Waals surface area contributed by atoms with E-state index in [0.29, 0.717) is 6.42 Å². The van der Waals surface area contributed by atoms with Crippen molar-refractivity contribution in [3.63, 3.8) is 0 Å². The fourth-order valence-electron chi connectivity index (χ4n) is 0.990. The van der Waals surface area contributed by atoms with Crippen LogP contribution in [0.15, 0.2) is 0 Å². The minimum Gasteiger partial charge on any atom is -0.345 e. The lowest BCUT2D eigenvalue weighted by atomic mass is 10.0. The number of carbonyl (C=O) groups excluding carboxylic acids is 1. The molecular formula is C8H14F3NO. The molecule has 0 aliphatic rings. The number of rotatable bonds is 3. The van der Waals surface area contributed by atoms with E-state index in [2.05, 4.69) is 0 Å². The number of carbonyl (C=O) groups is 1. The van der Waals surface area contributed by atoms with Crippen molar-refractivity contribution in [2.24, 2.45) is 5.92 Å². The third kappa shape index (κ3) is 4.15. The van der Waals surface area contributed by atoms with Crippen LogP contribution in [0, 0.1) is 5.92 Å². The highest BCUT2D eigenvalue weighted by atomic mass is 19.4. The summed E-state index contributed by atoms with van der Waals surface area (Å²) in [6.45, 7) is 5.27. The van der Waals surface area contributed by atoms with Crippen molar-refractivity contribution in [3.05, 3.63) is 0 Å². The van der Waals surface area contributed by atoms with Crippen molar-refractivity contribution in [1.29, 1.82) is 0 Å². The zero-order chi connectivity index (χ0) is 10.6. The van der Waals surface area contributed by atoms with Crippen LogP contribution in [0.2, 0.25) is 0 Å². The van der Waals surface area contributed by atoms with Gasteiger partial charge in [-0.05, 0) is 12.3 Å². The summed E-state index contributed by atoms with van der Waals surface area (Å²) in [7, 11) is 0. The predicted octanol–water partition coefficient (Wildman–Crippen LogP) is 2.10. The van der Waals surface area contributed by atoms with E-state index in [0.717, 1.165) is 0 Å². The Bertz CT molecular complexity index is 177. The van der Waals surface area contributed by atoms with Crippen LogP contribution in [0.5, 0.6) is 0 Å². The van der Waals surface area contributed by atoms with E-state index >= 15 is 0 Å². The predicted molar refractivity (Wildman–Crippen MR) is 43.1 cm³/mol. The minimum absolute atomic E-state index is 0.0105. The number of amides is 1. The third-order valence-electron chi connectivity index (χ3n) is 1.82. The van der Waals surface area contributed by atoms with Crippen molar-refractivity contribution < 1.29 is 18.0 Å². The Morgan fingerprint density at radius 2 is 1.85 bits per heavy atom. The van der Waals surface area contributed by atoms with Crippen molar-refractivity contribution in [3.8, 4) is 0 Å². The van der Waals surface area contributed by atoms with Gasteiger partial charge in [0.2, 0.25) is 0 Å². The van der Waals surface area contributed by atoms with E-state index in [1.165, 1.54) is 0 Å². The monoisotopic (exact) mass is 197 g/mol. The van der Waals surface area contributed by atoms with Crippen molar-refractivity contribution in [1.82, 2.24) is 5.32 Å². The fourth-order valence-corrected chi connectivity index (χ4v) is 0.990. The molecule has 0 aromatic rings.